The minimum Gasteiger partial charge on any atom is -0.471 e. The van der Waals surface area contributed by atoms with Crippen LogP contribution in [0.15, 0.2) is 36.5 Å². The zero-order chi connectivity index (χ0) is 27.3. The lowest BCUT2D eigenvalue weighted by atomic mass is 9.73. The number of amides is 1. The van der Waals surface area contributed by atoms with E-state index in [2.05, 4.69) is 43.5 Å². The Labute approximate surface area is 225 Å². The second-order valence-corrected chi connectivity index (χ2v) is 12.0. The van der Waals surface area contributed by atoms with Gasteiger partial charge in [0.1, 0.15) is 12.2 Å². The molecule has 8 nitrogen and oxygen atoms in total. The summed E-state index contributed by atoms with van der Waals surface area (Å²) in [6.07, 6.45) is 6.32. The van der Waals surface area contributed by atoms with Gasteiger partial charge in [0.15, 0.2) is 0 Å². The number of hydrogen-bond acceptors (Lipinski definition) is 7. The molecule has 1 aromatic heterocycles. The number of pyridine rings is 1. The lowest BCUT2D eigenvalue weighted by Crippen LogP contribution is -2.52. The fourth-order valence-corrected chi connectivity index (χ4v) is 5.44. The number of hydrogen-bond donors (Lipinski definition) is 3. The number of aliphatic hydroxyl groups excluding tert-OH is 1. The van der Waals surface area contributed by atoms with Gasteiger partial charge in [-0.2, -0.15) is 5.26 Å². The Morgan fingerprint density at radius 3 is 2.76 bits per heavy atom. The Balaban J connectivity index is 1.51. The zero-order valence-electron chi connectivity index (χ0n) is 22.9. The number of benzene rings is 1. The number of methoxy groups -OCH3 is 1. The van der Waals surface area contributed by atoms with E-state index in [0.717, 1.165) is 43.2 Å². The molecule has 0 radical (unpaired) electrons. The molecule has 4 rings (SSSR count). The molecule has 0 unspecified atom stereocenters. The summed E-state index contributed by atoms with van der Waals surface area (Å²) in [6, 6.07) is 11.0. The monoisotopic (exact) mass is 520 g/mol. The summed E-state index contributed by atoms with van der Waals surface area (Å²) in [5.41, 5.74) is 3.54. The molecule has 1 aliphatic carbocycles. The van der Waals surface area contributed by atoms with Crippen LogP contribution in [0.25, 0.3) is 0 Å². The first-order valence-corrected chi connectivity index (χ1v) is 13.5. The van der Waals surface area contributed by atoms with Crippen molar-refractivity contribution >= 4 is 5.91 Å². The van der Waals surface area contributed by atoms with Crippen LogP contribution in [0.2, 0.25) is 0 Å². The first-order chi connectivity index (χ1) is 18.1. The smallest absolute Gasteiger partial charge is 0.246 e. The summed E-state index contributed by atoms with van der Waals surface area (Å²) in [5.74, 6) is 0.382. The topological polar surface area (TPSA) is 116 Å². The highest BCUT2D eigenvalue weighted by atomic mass is 16.5. The van der Waals surface area contributed by atoms with Crippen molar-refractivity contribution in [1.82, 2.24) is 15.6 Å². The molecule has 1 spiro atoms. The van der Waals surface area contributed by atoms with Crippen LogP contribution in [-0.4, -0.2) is 54.0 Å². The number of fused-ring (bicyclic) bond motifs is 1. The van der Waals surface area contributed by atoms with Crippen molar-refractivity contribution < 1.29 is 19.4 Å². The molecule has 2 aliphatic rings. The Morgan fingerprint density at radius 2 is 2.11 bits per heavy atom. The molecular weight excluding hydrogens is 480 g/mol. The number of ether oxygens (including phenoxy) is 2. The Hall–Kier alpha value is -2.99. The highest BCUT2D eigenvalue weighted by molar-refractivity contribution is 5.77. The minimum absolute atomic E-state index is 0.0154. The van der Waals surface area contributed by atoms with Crippen LogP contribution >= 0.6 is 0 Å². The molecule has 38 heavy (non-hydrogen) atoms. The van der Waals surface area contributed by atoms with Crippen molar-refractivity contribution in [2.24, 2.45) is 5.41 Å². The summed E-state index contributed by atoms with van der Waals surface area (Å²) in [6.45, 7) is 6.82. The van der Waals surface area contributed by atoms with Gasteiger partial charge in [0.2, 0.25) is 11.8 Å². The molecule has 1 fully saturated rings. The molecule has 8 heteroatoms. The second-order valence-electron chi connectivity index (χ2n) is 12.0. The van der Waals surface area contributed by atoms with E-state index in [1.54, 1.807) is 12.1 Å². The van der Waals surface area contributed by atoms with E-state index in [1.807, 2.05) is 18.3 Å². The summed E-state index contributed by atoms with van der Waals surface area (Å²) >= 11 is 0. The van der Waals surface area contributed by atoms with Crippen molar-refractivity contribution in [2.75, 3.05) is 20.3 Å². The number of nitrogens with zero attached hydrogens (tertiary/aromatic N) is 2. The maximum Gasteiger partial charge on any atom is 0.246 e. The molecule has 1 aliphatic heterocycles. The molecule has 3 atom stereocenters. The van der Waals surface area contributed by atoms with E-state index < -0.39 is 12.1 Å². The van der Waals surface area contributed by atoms with Crippen molar-refractivity contribution in [2.45, 2.75) is 83.1 Å². The number of carbonyl (C=O) groups excluding carboxylic acids is 1. The average molecular weight is 521 g/mol. The highest BCUT2D eigenvalue weighted by Gasteiger charge is 2.46. The minimum atomic E-state index is -0.865. The Kier molecular flexibility index (Phi) is 8.71. The van der Waals surface area contributed by atoms with Gasteiger partial charge in [0.25, 0.3) is 0 Å². The van der Waals surface area contributed by atoms with Gasteiger partial charge < -0.3 is 25.2 Å². The first kappa shape index (κ1) is 28.0. The fourth-order valence-electron chi connectivity index (χ4n) is 5.44. The van der Waals surface area contributed by atoms with Gasteiger partial charge in [-0.25, -0.2) is 4.98 Å². The van der Waals surface area contributed by atoms with Crippen molar-refractivity contribution in [1.29, 1.82) is 5.26 Å². The number of nitrogens with one attached hydrogen (secondary N) is 2. The predicted molar refractivity (Wildman–Crippen MR) is 145 cm³/mol. The maximum absolute atomic E-state index is 12.4. The standard InChI is InChI=1S/C30H40N4O4/c1-29(2,3)14-22-12-23-25(15-30(9-6-10-30)38-28(23)33-17-22)32-18-26(35)24(34-27(36)19-37-4)13-20-7-5-8-21(11-20)16-31/h5,7-8,11-12,17,24-26,32,35H,6,9-10,13-15,18-19H2,1-4H3,(H,34,36)/t24-,25-,26+/m0/s1. The van der Waals surface area contributed by atoms with E-state index in [9.17, 15) is 15.2 Å². The molecule has 3 N–H and O–H groups in total. The fraction of sp³-hybridized carbons (Fsp3) is 0.567. The third-order valence-corrected chi connectivity index (χ3v) is 7.37. The third-order valence-electron chi connectivity index (χ3n) is 7.37. The molecule has 0 bridgehead atoms. The Bertz CT molecular complexity index is 1170. The van der Waals surface area contributed by atoms with Gasteiger partial charge in [-0.05, 0) is 66.8 Å². The summed E-state index contributed by atoms with van der Waals surface area (Å²) in [4.78, 5) is 17.1. The first-order valence-electron chi connectivity index (χ1n) is 13.5. The van der Waals surface area contributed by atoms with Gasteiger partial charge >= 0.3 is 0 Å². The number of nitriles is 1. The van der Waals surface area contributed by atoms with E-state index in [0.29, 0.717) is 17.9 Å². The lowest BCUT2D eigenvalue weighted by Gasteiger charge is -2.47. The van der Waals surface area contributed by atoms with Crippen LogP contribution in [0, 0.1) is 16.7 Å². The van der Waals surface area contributed by atoms with Crippen LogP contribution in [0.3, 0.4) is 0 Å². The normalized spacial score (nSPS) is 19.4. The lowest BCUT2D eigenvalue weighted by molar-refractivity contribution is -0.126. The molecule has 1 amide bonds. The molecule has 204 valence electrons. The SMILES string of the molecule is COCC(=O)N[C@@H](Cc1cccc(C#N)c1)[C@H](O)CN[C@H]1CC2(CCC2)Oc2ncc(CC(C)(C)C)cc21. The predicted octanol–water partition coefficient (Wildman–Crippen LogP) is 3.61. The van der Waals surface area contributed by atoms with Gasteiger partial charge in [-0.3, -0.25) is 4.79 Å². The molecule has 1 saturated carbocycles. The van der Waals surface area contributed by atoms with E-state index in [-0.39, 0.29) is 36.1 Å². The van der Waals surface area contributed by atoms with Crippen LogP contribution in [0.1, 0.15) is 74.8 Å². The van der Waals surface area contributed by atoms with Crippen molar-refractivity contribution in [3.05, 3.63) is 58.8 Å². The summed E-state index contributed by atoms with van der Waals surface area (Å²) < 4.78 is 11.4. The van der Waals surface area contributed by atoms with E-state index in [1.165, 1.54) is 12.7 Å². The van der Waals surface area contributed by atoms with Crippen LogP contribution in [-0.2, 0) is 22.4 Å². The molecule has 2 heterocycles. The second kappa shape index (κ2) is 11.8. The highest BCUT2D eigenvalue weighted by Crippen LogP contribution is 2.48. The van der Waals surface area contributed by atoms with E-state index in [4.69, 9.17) is 14.5 Å². The van der Waals surface area contributed by atoms with Gasteiger partial charge in [0.05, 0.1) is 23.8 Å². The zero-order valence-corrected chi connectivity index (χ0v) is 22.9. The summed E-state index contributed by atoms with van der Waals surface area (Å²) in [7, 11) is 1.46. The van der Waals surface area contributed by atoms with Gasteiger partial charge in [0, 0.05) is 37.9 Å². The Morgan fingerprint density at radius 1 is 1.32 bits per heavy atom. The quantitative estimate of drug-likeness (QED) is 0.438. The van der Waals surface area contributed by atoms with E-state index >= 15 is 0 Å². The average Bonchev–Trinajstić information content (AvgIpc) is 2.85. The van der Waals surface area contributed by atoms with Crippen LogP contribution in [0.4, 0.5) is 0 Å². The molecule has 2 aromatic rings. The number of carbonyl (C=O) groups is 1. The molecule has 0 saturated heterocycles. The van der Waals surface area contributed by atoms with Crippen molar-refractivity contribution in [3.8, 4) is 11.9 Å². The third kappa shape index (κ3) is 7.10. The van der Waals surface area contributed by atoms with Crippen molar-refractivity contribution in [3.63, 3.8) is 0 Å². The number of rotatable bonds is 10. The number of aliphatic hydroxyl groups is 1. The van der Waals surface area contributed by atoms with Gasteiger partial charge in [-0.15, -0.1) is 0 Å². The van der Waals surface area contributed by atoms with Crippen LogP contribution in [0.5, 0.6) is 5.88 Å². The number of aromatic nitrogens is 1. The molecule has 1 aromatic carbocycles. The maximum atomic E-state index is 12.4. The van der Waals surface area contributed by atoms with Crippen LogP contribution < -0.4 is 15.4 Å². The summed E-state index contributed by atoms with van der Waals surface area (Å²) in [5, 5.41) is 27.0. The largest absolute Gasteiger partial charge is 0.471 e. The molecular formula is C30H40N4O4. The van der Waals surface area contributed by atoms with Gasteiger partial charge in [-0.1, -0.05) is 32.9 Å².